The number of hydrogen-bond acceptors (Lipinski definition) is 5. The lowest BCUT2D eigenvalue weighted by atomic mass is 9.90. The minimum atomic E-state index is -3.22. The monoisotopic (exact) mass is 445 g/mol. The van der Waals surface area contributed by atoms with Gasteiger partial charge in [-0.2, -0.15) is 5.10 Å². The smallest absolute Gasteiger partial charge is 0.211 e. The number of halogens is 1. The molecule has 2 aromatic carbocycles. The Morgan fingerprint density at radius 2 is 1.83 bits per heavy atom. The van der Waals surface area contributed by atoms with E-state index in [1.165, 1.54) is 16.1 Å². The number of benzene rings is 2. The lowest BCUT2D eigenvalue weighted by Crippen LogP contribution is -2.59. The average molecular weight is 446 g/mol. The molecule has 2 aromatic rings. The van der Waals surface area contributed by atoms with Crippen LogP contribution in [0.15, 0.2) is 47.6 Å². The zero-order valence-corrected chi connectivity index (χ0v) is 18.6. The minimum Gasteiger partial charge on any atom is -0.466 e. The molecule has 1 spiro atoms. The van der Waals surface area contributed by atoms with Gasteiger partial charge in [0.15, 0.2) is 0 Å². The van der Waals surface area contributed by atoms with Crippen LogP contribution in [0.25, 0.3) is 0 Å². The van der Waals surface area contributed by atoms with Crippen LogP contribution in [0, 0.1) is 6.92 Å². The number of nitrogens with zero attached hydrogens (tertiary/aromatic N) is 3. The van der Waals surface area contributed by atoms with Gasteiger partial charge in [-0.15, -0.1) is 0 Å². The first-order valence-electron chi connectivity index (χ1n) is 10.1. The van der Waals surface area contributed by atoms with E-state index in [-0.39, 0.29) is 6.04 Å². The van der Waals surface area contributed by atoms with Crippen molar-refractivity contribution < 1.29 is 13.2 Å². The van der Waals surface area contributed by atoms with Gasteiger partial charge in [0.1, 0.15) is 5.75 Å². The highest BCUT2D eigenvalue weighted by Crippen LogP contribution is 2.50. The summed E-state index contributed by atoms with van der Waals surface area (Å²) in [6.45, 7) is 2.93. The summed E-state index contributed by atoms with van der Waals surface area (Å²) in [5.41, 5.74) is 3.73. The number of fused-ring (bicyclic) bond motifs is 4. The van der Waals surface area contributed by atoms with Gasteiger partial charge in [0, 0.05) is 42.9 Å². The van der Waals surface area contributed by atoms with E-state index in [0.717, 1.165) is 29.0 Å². The molecule has 0 aromatic heterocycles. The molecule has 0 bridgehead atoms. The maximum Gasteiger partial charge on any atom is 0.211 e. The van der Waals surface area contributed by atoms with Crippen LogP contribution in [0.5, 0.6) is 5.75 Å². The van der Waals surface area contributed by atoms with Crippen molar-refractivity contribution in [3.8, 4) is 5.75 Å². The zero-order valence-electron chi connectivity index (χ0n) is 17.0. The molecular formula is C22H24ClN3O3S. The van der Waals surface area contributed by atoms with Crippen molar-refractivity contribution in [2.24, 2.45) is 5.10 Å². The first-order valence-corrected chi connectivity index (χ1v) is 12.4. The van der Waals surface area contributed by atoms with Crippen LogP contribution in [0.2, 0.25) is 5.02 Å². The summed E-state index contributed by atoms with van der Waals surface area (Å²) in [7, 11) is -3.22. The first-order chi connectivity index (χ1) is 14.2. The number of rotatable bonds is 2. The second kappa shape index (κ2) is 6.97. The van der Waals surface area contributed by atoms with Crippen LogP contribution in [-0.2, 0) is 10.0 Å². The number of hydrogen-bond donors (Lipinski definition) is 0. The van der Waals surface area contributed by atoms with Gasteiger partial charge >= 0.3 is 0 Å². The van der Waals surface area contributed by atoms with Crippen molar-refractivity contribution in [3.63, 3.8) is 0 Å². The Morgan fingerprint density at radius 3 is 2.50 bits per heavy atom. The molecular weight excluding hydrogens is 422 g/mol. The summed E-state index contributed by atoms with van der Waals surface area (Å²) in [6, 6.07) is 14.1. The molecule has 6 nitrogen and oxygen atoms in total. The summed E-state index contributed by atoms with van der Waals surface area (Å²) >= 11 is 6.07. The van der Waals surface area contributed by atoms with Crippen LogP contribution in [0.4, 0.5) is 0 Å². The second-order valence-electron chi connectivity index (χ2n) is 8.37. The van der Waals surface area contributed by atoms with Crippen LogP contribution >= 0.6 is 11.6 Å². The third-order valence-corrected chi connectivity index (χ3v) is 7.86. The summed E-state index contributed by atoms with van der Waals surface area (Å²) in [5, 5.41) is 7.81. The quantitative estimate of drug-likeness (QED) is 0.702. The highest BCUT2D eigenvalue weighted by Gasteiger charge is 2.52. The maximum atomic E-state index is 12.0. The molecule has 30 heavy (non-hydrogen) atoms. The highest BCUT2D eigenvalue weighted by atomic mass is 35.5. The van der Waals surface area contributed by atoms with E-state index in [0.29, 0.717) is 31.0 Å². The molecule has 0 aliphatic carbocycles. The van der Waals surface area contributed by atoms with Gasteiger partial charge in [0.25, 0.3) is 0 Å². The van der Waals surface area contributed by atoms with E-state index in [1.807, 2.05) is 30.3 Å². The topological polar surface area (TPSA) is 62.2 Å². The number of piperidine rings is 1. The van der Waals surface area contributed by atoms with E-state index in [1.54, 1.807) is 0 Å². The zero-order chi connectivity index (χ0) is 21.1. The molecule has 0 radical (unpaired) electrons. The second-order valence-corrected chi connectivity index (χ2v) is 10.8. The third-order valence-electron chi connectivity index (χ3n) is 6.30. The number of hydrazone groups is 1. The fourth-order valence-electron chi connectivity index (χ4n) is 4.72. The minimum absolute atomic E-state index is 0.0733. The van der Waals surface area contributed by atoms with Crippen molar-refractivity contribution in [2.75, 3.05) is 19.3 Å². The van der Waals surface area contributed by atoms with Crippen molar-refractivity contribution >= 4 is 27.3 Å². The molecule has 1 fully saturated rings. The predicted molar refractivity (Wildman–Crippen MR) is 117 cm³/mol. The van der Waals surface area contributed by atoms with E-state index >= 15 is 0 Å². The molecule has 3 aliphatic heterocycles. The van der Waals surface area contributed by atoms with Crippen LogP contribution < -0.4 is 4.74 Å². The highest BCUT2D eigenvalue weighted by molar-refractivity contribution is 7.88. The van der Waals surface area contributed by atoms with Crippen molar-refractivity contribution in [1.82, 2.24) is 9.31 Å². The molecule has 5 rings (SSSR count). The standard InChI is InChI=1S/C22H24ClN3O3S/c1-15-3-8-21-18(13-15)20-14-19(16-4-6-17(23)7-5-16)24-26(20)22(29-21)9-11-25(12-10-22)30(2,27)28/h3-8,13,20H,9-12,14H2,1-2H3/t20-/m1/s1. The number of sulfonamides is 1. The number of aryl methyl sites for hydroxylation is 1. The third kappa shape index (κ3) is 3.29. The summed E-state index contributed by atoms with van der Waals surface area (Å²) in [5.74, 6) is 0.877. The molecule has 1 saturated heterocycles. The van der Waals surface area contributed by atoms with E-state index in [4.69, 9.17) is 21.4 Å². The van der Waals surface area contributed by atoms with Crippen molar-refractivity contribution in [2.45, 2.75) is 38.0 Å². The molecule has 0 unspecified atom stereocenters. The van der Waals surface area contributed by atoms with Crippen molar-refractivity contribution in [3.05, 3.63) is 64.2 Å². The summed E-state index contributed by atoms with van der Waals surface area (Å²) in [6.07, 6.45) is 3.18. The lowest BCUT2D eigenvalue weighted by Gasteiger charge is -2.50. The van der Waals surface area contributed by atoms with E-state index < -0.39 is 15.7 Å². The molecule has 1 atom stereocenters. The van der Waals surface area contributed by atoms with Gasteiger partial charge in [0.05, 0.1) is 18.0 Å². The Balaban J connectivity index is 1.55. The van der Waals surface area contributed by atoms with Crippen LogP contribution in [-0.4, -0.2) is 48.5 Å². The van der Waals surface area contributed by atoms with Crippen LogP contribution in [0.3, 0.4) is 0 Å². The normalized spacial score (nSPS) is 23.0. The molecule has 0 N–H and O–H groups in total. The van der Waals surface area contributed by atoms with Gasteiger partial charge in [-0.05, 0) is 30.7 Å². The molecule has 3 aliphatic rings. The van der Waals surface area contributed by atoms with Crippen molar-refractivity contribution in [1.29, 1.82) is 0 Å². The fourth-order valence-corrected chi connectivity index (χ4v) is 5.69. The van der Waals surface area contributed by atoms with E-state index in [2.05, 4.69) is 24.1 Å². The molecule has 8 heteroatoms. The molecule has 0 saturated carbocycles. The lowest BCUT2D eigenvalue weighted by molar-refractivity contribution is -0.143. The van der Waals surface area contributed by atoms with Gasteiger partial charge in [-0.3, -0.25) is 0 Å². The summed E-state index contributed by atoms with van der Waals surface area (Å²) in [4.78, 5) is 0. The largest absolute Gasteiger partial charge is 0.466 e. The number of ether oxygens (including phenoxy) is 1. The Bertz CT molecular complexity index is 1120. The van der Waals surface area contributed by atoms with E-state index in [9.17, 15) is 8.42 Å². The van der Waals surface area contributed by atoms with Gasteiger partial charge in [-0.1, -0.05) is 41.4 Å². The van der Waals surface area contributed by atoms with Crippen LogP contribution in [0.1, 0.15) is 42.0 Å². The average Bonchev–Trinajstić information content (AvgIpc) is 3.16. The summed E-state index contributed by atoms with van der Waals surface area (Å²) < 4.78 is 32.1. The predicted octanol–water partition coefficient (Wildman–Crippen LogP) is 3.94. The van der Waals surface area contributed by atoms with Gasteiger partial charge in [-0.25, -0.2) is 17.7 Å². The van der Waals surface area contributed by atoms with Gasteiger partial charge < -0.3 is 4.74 Å². The molecule has 3 heterocycles. The molecule has 158 valence electrons. The maximum absolute atomic E-state index is 12.0. The van der Waals surface area contributed by atoms with Gasteiger partial charge in [0.2, 0.25) is 15.7 Å². The fraction of sp³-hybridized carbons (Fsp3) is 0.409. The first kappa shape index (κ1) is 19.8. The Labute approximate surface area is 182 Å². The Morgan fingerprint density at radius 1 is 1.13 bits per heavy atom. The Kier molecular flexibility index (Phi) is 4.61. The SMILES string of the molecule is Cc1ccc2c(c1)[C@H]1CC(c3ccc(Cl)cc3)=NN1C1(CCN(S(C)(=O)=O)CC1)O2. The Hall–Kier alpha value is -2.09. The molecule has 0 amide bonds.